The van der Waals surface area contributed by atoms with Gasteiger partial charge >= 0.3 is 0 Å². The number of nitrogens with zero attached hydrogens (tertiary/aromatic N) is 1. The monoisotopic (exact) mass is 501 g/mol. The van der Waals surface area contributed by atoms with Gasteiger partial charge in [0.1, 0.15) is 22.3 Å². The Bertz CT molecular complexity index is 1210. The summed E-state index contributed by atoms with van der Waals surface area (Å²) >= 11 is 0. The average molecular weight is 502 g/mol. The molecule has 0 aliphatic carbocycles. The third-order valence-electron chi connectivity index (χ3n) is 6.33. The van der Waals surface area contributed by atoms with Crippen LogP contribution in [0.25, 0.3) is 0 Å². The summed E-state index contributed by atoms with van der Waals surface area (Å²) in [4.78, 5) is 4.62. The number of halogens is 1. The molecule has 0 saturated carbocycles. The van der Waals surface area contributed by atoms with Crippen molar-refractivity contribution < 1.29 is 22.0 Å². The van der Waals surface area contributed by atoms with Crippen LogP contribution in [-0.2, 0) is 27.6 Å². The molecule has 0 radical (unpaired) electrons. The van der Waals surface area contributed by atoms with Crippen molar-refractivity contribution in [1.29, 1.82) is 0 Å². The molecular weight excluding hydrogens is 469 g/mol. The van der Waals surface area contributed by atoms with Gasteiger partial charge in [-0.25, -0.2) is 22.5 Å². The maximum absolute atomic E-state index is 13.7. The minimum atomic E-state index is -3.92. The van der Waals surface area contributed by atoms with Crippen molar-refractivity contribution in [2.75, 3.05) is 18.5 Å². The van der Waals surface area contributed by atoms with Gasteiger partial charge in [0.05, 0.1) is 6.26 Å². The van der Waals surface area contributed by atoms with E-state index in [2.05, 4.69) is 15.0 Å². The highest BCUT2D eigenvalue weighted by molar-refractivity contribution is 7.89. The zero-order valence-electron chi connectivity index (χ0n) is 20.1. The molecule has 0 amide bonds. The summed E-state index contributed by atoms with van der Waals surface area (Å²) in [5.74, 6) is 0.888. The lowest BCUT2D eigenvalue weighted by Crippen LogP contribution is -2.53. The van der Waals surface area contributed by atoms with E-state index in [9.17, 15) is 12.8 Å². The molecule has 2 aromatic heterocycles. The van der Waals surface area contributed by atoms with Crippen molar-refractivity contribution >= 4 is 15.8 Å². The number of nitrogens with one attached hydrogen (secondary N) is 2. The molecular formula is C26H32FN3O4S. The first kappa shape index (κ1) is 25.3. The molecule has 0 bridgehead atoms. The van der Waals surface area contributed by atoms with Crippen molar-refractivity contribution in [2.45, 2.75) is 62.4 Å². The van der Waals surface area contributed by atoms with Gasteiger partial charge in [-0.3, -0.25) is 0 Å². The normalized spacial score (nSPS) is 16.7. The summed E-state index contributed by atoms with van der Waals surface area (Å²) in [6, 6.07) is 13.2. The minimum absolute atomic E-state index is 0.0281. The molecule has 1 unspecified atom stereocenters. The quantitative estimate of drug-likeness (QED) is 0.421. The van der Waals surface area contributed by atoms with Crippen molar-refractivity contribution in [1.82, 2.24) is 9.71 Å². The van der Waals surface area contributed by atoms with Crippen LogP contribution >= 0.6 is 0 Å². The Balaban J connectivity index is 1.55. The van der Waals surface area contributed by atoms with Crippen molar-refractivity contribution in [2.24, 2.45) is 0 Å². The molecule has 9 heteroatoms. The van der Waals surface area contributed by atoms with Crippen molar-refractivity contribution in [3.8, 4) is 0 Å². The topological polar surface area (TPSA) is 93.5 Å². The standard InChI is InChI=1S/C26H32FN3O4S/c1-19(5-11-23-4-3-15-34-23)28-25-24(12-6-20(2)29-25)35(31,32)30-26(13-16-33-17-14-26)18-21-7-9-22(27)10-8-21/h3-4,6-10,12,15,19,30H,5,11,13-14,16-18H2,1-2H3,(H,28,29). The van der Waals surface area contributed by atoms with Crippen LogP contribution in [0.2, 0.25) is 0 Å². The number of hydrogen-bond donors (Lipinski definition) is 2. The Hall–Kier alpha value is -2.75. The second-order valence-corrected chi connectivity index (χ2v) is 10.9. The minimum Gasteiger partial charge on any atom is -0.469 e. The molecule has 1 aromatic carbocycles. The van der Waals surface area contributed by atoms with E-state index in [0.29, 0.717) is 38.3 Å². The van der Waals surface area contributed by atoms with Crippen LogP contribution in [0, 0.1) is 12.7 Å². The summed E-state index contributed by atoms with van der Waals surface area (Å²) in [6.07, 6.45) is 4.61. The van der Waals surface area contributed by atoms with Gasteiger partial charge in [-0.15, -0.1) is 0 Å². The molecule has 35 heavy (non-hydrogen) atoms. The second kappa shape index (κ2) is 10.9. The number of aryl methyl sites for hydroxylation is 2. The predicted octanol–water partition coefficient (Wildman–Crippen LogP) is 4.63. The summed E-state index contributed by atoms with van der Waals surface area (Å²) in [5.41, 5.74) is 0.849. The molecule has 3 aromatic rings. The fraction of sp³-hybridized carbons (Fsp3) is 0.423. The molecule has 0 spiro atoms. The number of furan rings is 1. The van der Waals surface area contributed by atoms with Crippen LogP contribution in [0.1, 0.15) is 43.2 Å². The summed E-state index contributed by atoms with van der Waals surface area (Å²) in [5, 5.41) is 3.29. The molecule has 1 aliphatic rings. The molecule has 7 nitrogen and oxygen atoms in total. The van der Waals surface area contributed by atoms with E-state index < -0.39 is 15.6 Å². The summed E-state index contributed by atoms with van der Waals surface area (Å²) < 4.78 is 54.7. The van der Waals surface area contributed by atoms with Gasteiger partial charge in [0, 0.05) is 36.9 Å². The number of anilines is 1. The molecule has 1 atom stereocenters. The molecule has 1 saturated heterocycles. The van der Waals surface area contributed by atoms with Gasteiger partial charge in [-0.1, -0.05) is 12.1 Å². The highest BCUT2D eigenvalue weighted by atomic mass is 32.2. The first-order valence-electron chi connectivity index (χ1n) is 11.9. The third kappa shape index (κ3) is 6.68. The van der Waals surface area contributed by atoms with Crippen molar-refractivity contribution in [3.05, 3.63) is 77.6 Å². The van der Waals surface area contributed by atoms with E-state index in [4.69, 9.17) is 9.15 Å². The number of sulfonamides is 1. The first-order valence-corrected chi connectivity index (χ1v) is 13.4. The van der Waals surface area contributed by atoms with Crippen LogP contribution < -0.4 is 10.0 Å². The first-order chi connectivity index (χ1) is 16.7. The number of pyridine rings is 1. The maximum atomic E-state index is 13.7. The zero-order chi connectivity index (χ0) is 24.9. The molecule has 188 valence electrons. The summed E-state index contributed by atoms with van der Waals surface area (Å²) in [6.45, 7) is 4.72. The van der Waals surface area contributed by atoms with Gasteiger partial charge in [-0.05, 0) is 81.5 Å². The second-order valence-electron chi connectivity index (χ2n) is 9.26. The number of hydrogen-bond acceptors (Lipinski definition) is 6. The number of aromatic nitrogens is 1. The lowest BCUT2D eigenvalue weighted by molar-refractivity contribution is 0.0472. The number of rotatable bonds is 10. The Labute approximate surface area is 206 Å². The number of ether oxygens (including phenoxy) is 1. The van der Waals surface area contributed by atoms with Crippen LogP contribution in [0.5, 0.6) is 0 Å². The van der Waals surface area contributed by atoms with E-state index in [1.54, 1.807) is 30.5 Å². The van der Waals surface area contributed by atoms with Crippen LogP contribution in [0.4, 0.5) is 10.2 Å². The number of benzene rings is 1. The Morgan fingerprint density at radius 3 is 2.54 bits per heavy atom. The molecule has 4 rings (SSSR count). The smallest absolute Gasteiger partial charge is 0.244 e. The van der Waals surface area contributed by atoms with Crippen LogP contribution in [0.3, 0.4) is 0 Å². The summed E-state index contributed by atoms with van der Waals surface area (Å²) in [7, 11) is -3.92. The van der Waals surface area contributed by atoms with Gasteiger partial charge in [0.25, 0.3) is 0 Å². The molecule has 3 heterocycles. The lowest BCUT2D eigenvalue weighted by atomic mass is 9.85. The van der Waals surface area contributed by atoms with E-state index in [1.807, 2.05) is 26.0 Å². The predicted molar refractivity (Wildman–Crippen MR) is 132 cm³/mol. The highest BCUT2D eigenvalue weighted by Gasteiger charge is 2.38. The molecule has 2 N–H and O–H groups in total. The zero-order valence-corrected chi connectivity index (χ0v) is 20.9. The van der Waals surface area contributed by atoms with E-state index in [1.165, 1.54) is 12.1 Å². The lowest BCUT2D eigenvalue weighted by Gasteiger charge is -2.38. The van der Waals surface area contributed by atoms with E-state index in [-0.39, 0.29) is 16.8 Å². The molecule has 1 aliphatic heterocycles. The fourth-order valence-electron chi connectivity index (χ4n) is 4.39. The highest BCUT2D eigenvalue weighted by Crippen LogP contribution is 2.30. The Kier molecular flexibility index (Phi) is 7.88. The SMILES string of the molecule is Cc1ccc(S(=O)(=O)NC2(Cc3ccc(F)cc3)CCOCC2)c(NC(C)CCc2ccco2)n1. The van der Waals surface area contributed by atoms with Gasteiger partial charge in [0.15, 0.2) is 0 Å². The average Bonchev–Trinajstić information content (AvgIpc) is 3.33. The largest absolute Gasteiger partial charge is 0.469 e. The van der Waals surface area contributed by atoms with Gasteiger partial charge in [-0.2, -0.15) is 0 Å². The van der Waals surface area contributed by atoms with Gasteiger partial charge < -0.3 is 14.5 Å². The Morgan fingerprint density at radius 1 is 1.11 bits per heavy atom. The van der Waals surface area contributed by atoms with Gasteiger partial charge in [0.2, 0.25) is 10.0 Å². The molecule has 1 fully saturated rings. The van der Waals surface area contributed by atoms with Crippen LogP contribution in [-0.4, -0.2) is 38.2 Å². The third-order valence-corrected chi connectivity index (χ3v) is 7.94. The van der Waals surface area contributed by atoms with Crippen molar-refractivity contribution in [3.63, 3.8) is 0 Å². The fourth-order valence-corrected chi connectivity index (χ4v) is 5.96. The Morgan fingerprint density at radius 2 is 1.86 bits per heavy atom. The van der Waals surface area contributed by atoms with E-state index >= 15 is 0 Å². The van der Waals surface area contributed by atoms with E-state index in [0.717, 1.165) is 29.9 Å². The maximum Gasteiger partial charge on any atom is 0.244 e. The van der Waals surface area contributed by atoms with Crippen LogP contribution in [0.15, 0.2) is 64.1 Å².